The number of aromatic nitrogens is 2. The molecule has 1 atom stereocenters. The summed E-state index contributed by atoms with van der Waals surface area (Å²) in [5, 5.41) is 3.91. The Morgan fingerprint density at radius 2 is 2.33 bits per heavy atom. The van der Waals surface area contributed by atoms with Crippen LogP contribution >= 0.6 is 11.8 Å². The fourth-order valence-corrected chi connectivity index (χ4v) is 1.72. The second-order valence-corrected chi connectivity index (χ2v) is 4.89. The van der Waals surface area contributed by atoms with Crippen molar-refractivity contribution in [3.8, 4) is 0 Å². The van der Waals surface area contributed by atoms with Gasteiger partial charge in [0.1, 0.15) is 0 Å². The Morgan fingerprint density at radius 3 is 3.00 bits per heavy atom. The smallest absolute Gasteiger partial charge is 0.226 e. The van der Waals surface area contributed by atoms with E-state index in [9.17, 15) is 0 Å². The topological polar surface area (TPSA) is 64.9 Å². The maximum Gasteiger partial charge on any atom is 0.226 e. The third kappa shape index (κ3) is 5.18. The molecule has 5 heteroatoms. The number of rotatable bonds is 7. The fraction of sp³-hybridized carbons (Fsp3) is 0.800. The van der Waals surface area contributed by atoms with Crippen molar-refractivity contribution in [1.82, 2.24) is 10.1 Å². The molecule has 86 valence electrons. The van der Waals surface area contributed by atoms with Crippen LogP contribution in [0, 0.1) is 0 Å². The molecule has 0 fully saturated rings. The first-order valence-electron chi connectivity index (χ1n) is 5.37. The van der Waals surface area contributed by atoms with E-state index in [1.54, 1.807) is 11.8 Å². The summed E-state index contributed by atoms with van der Waals surface area (Å²) >= 11 is 1.80. The zero-order valence-corrected chi connectivity index (χ0v) is 10.2. The fourth-order valence-electron chi connectivity index (χ4n) is 1.22. The van der Waals surface area contributed by atoms with Crippen molar-refractivity contribution < 1.29 is 4.52 Å². The highest BCUT2D eigenvalue weighted by Gasteiger charge is 2.06. The number of thioether (sulfide) groups is 1. The molecular formula is C10H19N3OS. The molecule has 4 nitrogen and oxygen atoms in total. The van der Waals surface area contributed by atoms with Crippen molar-refractivity contribution in [2.24, 2.45) is 5.73 Å². The summed E-state index contributed by atoms with van der Waals surface area (Å²) in [5.74, 6) is 3.46. The lowest BCUT2D eigenvalue weighted by molar-refractivity contribution is 0.369. The number of hydrogen-bond donors (Lipinski definition) is 1. The molecule has 1 heterocycles. The second-order valence-electron chi connectivity index (χ2n) is 3.61. The highest BCUT2D eigenvalue weighted by molar-refractivity contribution is 7.98. The minimum absolute atomic E-state index is 0.253. The Labute approximate surface area is 95.0 Å². The summed E-state index contributed by atoms with van der Waals surface area (Å²) in [7, 11) is 0. The lowest BCUT2D eigenvalue weighted by Gasteiger charge is -2.00. The van der Waals surface area contributed by atoms with Gasteiger partial charge in [-0.05, 0) is 25.5 Å². The molecule has 2 N–H and O–H groups in total. The molecule has 15 heavy (non-hydrogen) atoms. The maximum atomic E-state index is 5.66. The quantitative estimate of drug-likeness (QED) is 0.774. The molecule has 0 aliphatic carbocycles. The third-order valence-electron chi connectivity index (χ3n) is 2.00. The van der Waals surface area contributed by atoms with E-state index in [4.69, 9.17) is 10.3 Å². The van der Waals surface area contributed by atoms with Crippen LogP contribution in [0.15, 0.2) is 4.52 Å². The molecule has 1 aromatic heterocycles. The van der Waals surface area contributed by atoms with Crippen LogP contribution in [0.5, 0.6) is 0 Å². The summed E-state index contributed by atoms with van der Waals surface area (Å²) in [6, 6.07) is 0.253. The van der Waals surface area contributed by atoms with E-state index in [1.165, 1.54) is 0 Å². The molecular weight excluding hydrogens is 210 g/mol. The largest absolute Gasteiger partial charge is 0.339 e. The average Bonchev–Trinajstić information content (AvgIpc) is 2.62. The van der Waals surface area contributed by atoms with E-state index in [0.29, 0.717) is 0 Å². The lowest BCUT2D eigenvalue weighted by atomic mass is 10.1. The van der Waals surface area contributed by atoms with E-state index in [0.717, 1.165) is 42.5 Å². The molecule has 0 aliphatic rings. The van der Waals surface area contributed by atoms with Gasteiger partial charge < -0.3 is 10.3 Å². The number of nitrogens with zero attached hydrogens (tertiary/aromatic N) is 2. The van der Waals surface area contributed by atoms with Gasteiger partial charge in [-0.2, -0.15) is 16.7 Å². The monoisotopic (exact) mass is 229 g/mol. The Bertz CT molecular complexity index is 275. The Balaban J connectivity index is 2.26. The normalized spacial score (nSPS) is 13.0. The summed E-state index contributed by atoms with van der Waals surface area (Å²) in [4.78, 5) is 4.31. The number of hydrogen-bond acceptors (Lipinski definition) is 5. The summed E-state index contributed by atoms with van der Waals surface area (Å²) in [6.07, 6.45) is 2.85. The molecule has 0 aromatic carbocycles. The van der Waals surface area contributed by atoms with Crippen molar-refractivity contribution >= 4 is 11.8 Å². The van der Waals surface area contributed by atoms with Crippen LogP contribution in [-0.2, 0) is 12.2 Å². The predicted octanol–water partition coefficient (Wildman–Crippen LogP) is 1.99. The first kappa shape index (κ1) is 12.5. The van der Waals surface area contributed by atoms with Gasteiger partial charge in [-0.15, -0.1) is 0 Å². The van der Waals surface area contributed by atoms with Crippen LogP contribution < -0.4 is 5.73 Å². The van der Waals surface area contributed by atoms with Crippen LogP contribution in [0.2, 0.25) is 0 Å². The third-order valence-corrected chi connectivity index (χ3v) is 2.87. The molecule has 0 bridgehead atoms. The zero-order chi connectivity index (χ0) is 11.1. The van der Waals surface area contributed by atoms with Gasteiger partial charge in [-0.25, -0.2) is 0 Å². The van der Waals surface area contributed by atoms with Crippen LogP contribution in [0.1, 0.15) is 38.4 Å². The van der Waals surface area contributed by atoms with Gasteiger partial charge in [0.2, 0.25) is 5.89 Å². The average molecular weight is 229 g/mol. The highest BCUT2D eigenvalue weighted by atomic mass is 32.2. The van der Waals surface area contributed by atoms with Gasteiger partial charge in [-0.3, -0.25) is 0 Å². The SMILES string of the molecule is CCSCc1noc(CCCC(C)N)n1. The van der Waals surface area contributed by atoms with Gasteiger partial charge in [0.25, 0.3) is 0 Å². The van der Waals surface area contributed by atoms with Crippen LogP contribution in [0.4, 0.5) is 0 Å². The Hall–Kier alpha value is -0.550. The molecule has 0 amide bonds. The van der Waals surface area contributed by atoms with Gasteiger partial charge >= 0.3 is 0 Å². The molecule has 1 rings (SSSR count). The maximum absolute atomic E-state index is 5.66. The highest BCUT2D eigenvalue weighted by Crippen LogP contribution is 2.10. The molecule has 0 aliphatic heterocycles. The number of nitrogens with two attached hydrogens (primary N) is 1. The summed E-state index contributed by atoms with van der Waals surface area (Å²) in [6.45, 7) is 4.13. The van der Waals surface area contributed by atoms with E-state index in [2.05, 4.69) is 17.1 Å². The van der Waals surface area contributed by atoms with Crippen LogP contribution in [0.3, 0.4) is 0 Å². The molecule has 0 spiro atoms. The van der Waals surface area contributed by atoms with Gasteiger partial charge in [0.05, 0.1) is 5.75 Å². The summed E-state index contributed by atoms with van der Waals surface area (Å²) < 4.78 is 5.13. The first-order valence-corrected chi connectivity index (χ1v) is 6.52. The van der Waals surface area contributed by atoms with E-state index >= 15 is 0 Å². The molecule has 1 aromatic rings. The lowest BCUT2D eigenvalue weighted by Crippen LogP contribution is -2.14. The van der Waals surface area contributed by atoms with Crippen molar-refractivity contribution in [2.45, 2.75) is 44.9 Å². The van der Waals surface area contributed by atoms with Crippen LogP contribution in [0.25, 0.3) is 0 Å². The first-order chi connectivity index (χ1) is 7.22. The van der Waals surface area contributed by atoms with Crippen molar-refractivity contribution in [1.29, 1.82) is 0 Å². The van der Waals surface area contributed by atoms with Gasteiger partial charge in [0.15, 0.2) is 5.82 Å². The molecule has 0 radical (unpaired) electrons. The zero-order valence-electron chi connectivity index (χ0n) is 9.40. The molecule has 0 saturated heterocycles. The predicted molar refractivity (Wildman–Crippen MR) is 62.7 cm³/mol. The Kier molecular flexibility index (Phi) is 5.71. The van der Waals surface area contributed by atoms with Crippen molar-refractivity contribution in [2.75, 3.05) is 5.75 Å². The standard InChI is InChI=1S/C10H19N3OS/c1-3-15-7-9-12-10(14-13-9)6-4-5-8(2)11/h8H,3-7,11H2,1-2H3. The minimum Gasteiger partial charge on any atom is -0.339 e. The summed E-state index contributed by atoms with van der Waals surface area (Å²) in [5.41, 5.74) is 5.66. The van der Waals surface area contributed by atoms with Gasteiger partial charge in [0, 0.05) is 12.5 Å². The van der Waals surface area contributed by atoms with E-state index in [1.807, 2.05) is 6.92 Å². The van der Waals surface area contributed by atoms with Crippen molar-refractivity contribution in [3.05, 3.63) is 11.7 Å². The second kappa shape index (κ2) is 6.85. The van der Waals surface area contributed by atoms with Gasteiger partial charge in [-0.1, -0.05) is 12.1 Å². The van der Waals surface area contributed by atoms with Crippen LogP contribution in [-0.4, -0.2) is 21.9 Å². The minimum atomic E-state index is 0.253. The number of aryl methyl sites for hydroxylation is 1. The molecule has 1 unspecified atom stereocenters. The Morgan fingerprint density at radius 1 is 1.53 bits per heavy atom. The van der Waals surface area contributed by atoms with E-state index in [-0.39, 0.29) is 6.04 Å². The molecule has 0 saturated carbocycles. The van der Waals surface area contributed by atoms with Crippen molar-refractivity contribution in [3.63, 3.8) is 0 Å². The van der Waals surface area contributed by atoms with E-state index < -0.39 is 0 Å².